The van der Waals surface area contributed by atoms with E-state index in [1.165, 1.54) is 5.56 Å². The number of nitrogens with one attached hydrogen (secondary N) is 2. The van der Waals surface area contributed by atoms with Gasteiger partial charge in [0.15, 0.2) is 4.77 Å². The minimum Gasteiger partial charge on any atom is -0.355 e. The van der Waals surface area contributed by atoms with E-state index in [-0.39, 0.29) is 24.2 Å². The van der Waals surface area contributed by atoms with Crippen molar-refractivity contribution in [3.8, 4) is 0 Å². The molecular weight excluding hydrogens is 374 g/mol. The quantitative estimate of drug-likeness (QED) is 0.699. The van der Waals surface area contributed by atoms with Crippen LogP contribution >= 0.6 is 12.2 Å². The fourth-order valence-electron chi connectivity index (χ4n) is 3.49. The van der Waals surface area contributed by atoms with Gasteiger partial charge in [-0.05, 0) is 42.8 Å². The van der Waals surface area contributed by atoms with Crippen molar-refractivity contribution < 1.29 is 9.59 Å². The Morgan fingerprint density at radius 3 is 2.93 bits per heavy atom. The summed E-state index contributed by atoms with van der Waals surface area (Å²) in [7, 11) is 0. The van der Waals surface area contributed by atoms with Crippen molar-refractivity contribution in [2.75, 3.05) is 18.0 Å². The lowest BCUT2D eigenvalue weighted by Crippen LogP contribution is -2.34. The van der Waals surface area contributed by atoms with E-state index in [4.69, 9.17) is 12.2 Å². The van der Waals surface area contributed by atoms with Crippen molar-refractivity contribution in [1.29, 1.82) is 0 Å². The minimum absolute atomic E-state index is 0.00655. The molecule has 2 heterocycles. The van der Waals surface area contributed by atoms with Gasteiger partial charge in [-0.2, -0.15) is 5.10 Å². The van der Waals surface area contributed by atoms with E-state index >= 15 is 0 Å². The van der Waals surface area contributed by atoms with Crippen molar-refractivity contribution in [2.24, 2.45) is 5.92 Å². The maximum atomic E-state index is 12.5. The van der Waals surface area contributed by atoms with Crippen LogP contribution in [0, 0.1) is 10.7 Å². The molecule has 1 aliphatic heterocycles. The SMILES string of the molecule is CCn1c(CCNC(=O)C2CC(=O)N(c3cccc(C(C)C)c3)C2)n[nH]c1=S. The van der Waals surface area contributed by atoms with Crippen LogP contribution < -0.4 is 10.2 Å². The smallest absolute Gasteiger partial charge is 0.227 e. The Labute approximate surface area is 170 Å². The molecule has 2 N–H and O–H groups in total. The molecule has 28 heavy (non-hydrogen) atoms. The van der Waals surface area contributed by atoms with Crippen LogP contribution in [-0.2, 0) is 22.6 Å². The molecule has 7 nitrogen and oxygen atoms in total. The average Bonchev–Trinajstić information content (AvgIpc) is 3.24. The second-order valence-corrected chi connectivity index (χ2v) is 7.77. The monoisotopic (exact) mass is 401 g/mol. The van der Waals surface area contributed by atoms with Gasteiger partial charge in [0.1, 0.15) is 5.82 Å². The number of nitrogens with zero attached hydrogens (tertiary/aromatic N) is 3. The van der Waals surface area contributed by atoms with Crippen molar-refractivity contribution >= 4 is 29.7 Å². The molecule has 0 radical (unpaired) electrons. The number of rotatable bonds is 7. The van der Waals surface area contributed by atoms with Crippen molar-refractivity contribution in [1.82, 2.24) is 20.1 Å². The van der Waals surface area contributed by atoms with E-state index in [0.717, 1.165) is 18.1 Å². The summed E-state index contributed by atoms with van der Waals surface area (Å²) in [5.74, 6) is 0.783. The largest absolute Gasteiger partial charge is 0.355 e. The Morgan fingerprint density at radius 1 is 1.43 bits per heavy atom. The number of aromatic amines is 1. The zero-order valence-electron chi connectivity index (χ0n) is 16.6. The van der Waals surface area contributed by atoms with Crippen LogP contribution in [0.25, 0.3) is 0 Å². The molecule has 1 aromatic heterocycles. The predicted octanol–water partition coefficient (Wildman–Crippen LogP) is 2.80. The second kappa shape index (κ2) is 8.68. The number of carbonyl (C=O) groups is 2. The molecule has 150 valence electrons. The van der Waals surface area contributed by atoms with Crippen LogP contribution in [0.1, 0.15) is 44.5 Å². The number of carbonyl (C=O) groups excluding carboxylic acids is 2. The number of hydrogen-bond donors (Lipinski definition) is 2. The average molecular weight is 402 g/mol. The summed E-state index contributed by atoms with van der Waals surface area (Å²) >= 11 is 5.17. The van der Waals surface area contributed by atoms with Crippen LogP contribution in [0.5, 0.6) is 0 Å². The molecule has 1 fully saturated rings. The normalized spacial score (nSPS) is 16.8. The molecule has 1 saturated heterocycles. The number of amides is 2. The van der Waals surface area contributed by atoms with Crippen LogP contribution in [-0.4, -0.2) is 39.7 Å². The van der Waals surface area contributed by atoms with E-state index in [2.05, 4.69) is 35.4 Å². The van der Waals surface area contributed by atoms with Crippen LogP contribution in [0.3, 0.4) is 0 Å². The highest BCUT2D eigenvalue weighted by Crippen LogP contribution is 2.27. The first kappa shape index (κ1) is 20.3. The van der Waals surface area contributed by atoms with E-state index in [1.54, 1.807) is 4.90 Å². The third-order valence-electron chi connectivity index (χ3n) is 5.15. The molecule has 1 atom stereocenters. The third kappa shape index (κ3) is 4.32. The number of hydrogen-bond acceptors (Lipinski definition) is 4. The van der Waals surface area contributed by atoms with Gasteiger partial charge in [0.2, 0.25) is 11.8 Å². The zero-order valence-corrected chi connectivity index (χ0v) is 17.4. The van der Waals surface area contributed by atoms with Gasteiger partial charge in [-0.3, -0.25) is 14.7 Å². The highest BCUT2D eigenvalue weighted by Gasteiger charge is 2.35. The summed E-state index contributed by atoms with van der Waals surface area (Å²) in [6.07, 6.45) is 0.832. The fourth-order valence-corrected chi connectivity index (χ4v) is 3.77. The van der Waals surface area contributed by atoms with E-state index in [0.29, 0.717) is 30.2 Å². The van der Waals surface area contributed by atoms with Crippen LogP contribution in [0.15, 0.2) is 24.3 Å². The molecule has 0 aliphatic carbocycles. The first-order valence-corrected chi connectivity index (χ1v) is 10.1. The molecule has 0 bridgehead atoms. The molecule has 1 aromatic carbocycles. The summed E-state index contributed by atoms with van der Waals surface area (Å²) in [4.78, 5) is 26.7. The lowest BCUT2D eigenvalue weighted by Gasteiger charge is -2.18. The summed E-state index contributed by atoms with van der Waals surface area (Å²) in [6.45, 7) is 7.86. The highest BCUT2D eigenvalue weighted by molar-refractivity contribution is 7.71. The molecular formula is C20H27N5O2S. The number of aromatic nitrogens is 3. The second-order valence-electron chi connectivity index (χ2n) is 7.39. The maximum absolute atomic E-state index is 12.5. The number of benzene rings is 1. The molecule has 2 amide bonds. The van der Waals surface area contributed by atoms with E-state index in [1.807, 2.05) is 29.7 Å². The van der Waals surface area contributed by atoms with Crippen LogP contribution in [0.4, 0.5) is 5.69 Å². The Balaban J connectivity index is 1.58. The van der Waals surface area contributed by atoms with E-state index < -0.39 is 0 Å². The first-order valence-electron chi connectivity index (χ1n) is 9.72. The van der Waals surface area contributed by atoms with Gasteiger partial charge in [0, 0.05) is 38.2 Å². The Hall–Kier alpha value is -2.48. The third-order valence-corrected chi connectivity index (χ3v) is 5.46. The summed E-state index contributed by atoms with van der Waals surface area (Å²) < 4.78 is 2.49. The van der Waals surface area contributed by atoms with Gasteiger partial charge in [0.25, 0.3) is 0 Å². The predicted molar refractivity (Wildman–Crippen MR) is 111 cm³/mol. The Bertz CT molecular complexity index is 917. The van der Waals surface area contributed by atoms with Crippen LogP contribution in [0.2, 0.25) is 0 Å². The zero-order chi connectivity index (χ0) is 20.3. The molecule has 3 rings (SSSR count). The molecule has 0 saturated carbocycles. The molecule has 1 unspecified atom stereocenters. The standard InChI is InChI=1S/C20H27N5O2S/c1-4-24-17(22-23-20(24)28)8-9-21-19(27)15-11-18(26)25(12-15)16-7-5-6-14(10-16)13(2)3/h5-7,10,13,15H,4,8-9,11-12H2,1-3H3,(H,21,27)(H,23,28). The van der Waals surface area contributed by atoms with Gasteiger partial charge >= 0.3 is 0 Å². The molecule has 8 heteroatoms. The Kier molecular flexibility index (Phi) is 6.28. The number of H-pyrrole nitrogens is 1. The summed E-state index contributed by atoms with van der Waals surface area (Å²) in [5, 5.41) is 9.91. The van der Waals surface area contributed by atoms with Gasteiger partial charge in [-0.15, -0.1) is 0 Å². The summed E-state index contributed by atoms with van der Waals surface area (Å²) in [6, 6.07) is 7.99. The molecule has 1 aliphatic rings. The fraction of sp³-hybridized carbons (Fsp3) is 0.500. The van der Waals surface area contributed by atoms with Crippen molar-refractivity contribution in [3.05, 3.63) is 40.4 Å². The van der Waals surface area contributed by atoms with Gasteiger partial charge in [-0.25, -0.2) is 0 Å². The van der Waals surface area contributed by atoms with Gasteiger partial charge in [-0.1, -0.05) is 26.0 Å². The topological polar surface area (TPSA) is 83.0 Å². The molecule has 0 spiro atoms. The lowest BCUT2D eigenvalue weighted by molar-refractivity contribution is -0.126. The molecule has 2 aromatic rings. The van der Waals surface area contributed by atoms with Gasteiger partial charge < -0.3 is 14.8 Å². The number of anilines is 1. The van der Waals surface area contributed by atoms with Crippen molar-refractivity contribution in [3.63, 3.8) is 0 Å². The van der Waals surface area contributed by atoms with Gasteiger partial charge in [0.05, 0.1) is 5.92 Å². The Morgan fingerprint density at radius 2 is 2.21 bits per heavy atom. The highest BCUT2D eigenvalue weighted by atomic mass is 32.1. The van der Waals surface area contributed by atoms with E-state index in [9.17, 15) is 9.59 Å². The minimum atomic E-state index is -0.331. The summed E-state index contributed by atoms with van der Waals surface area (Å²) in [5.41, 5.74) is 2.05. The lowest BCUT2D eigenvalue weighted by atomic mass is 10.0. The van der Waals surface area contributed by atoms with Crippen molar-refractivity contribution in [2.45, 2.75) is 46.1 Å². The maximum Gasteiger partial charge on any atom is 0.227 e. The first-order chi connectivity index (χ1) is 13.4.